The number of carbonyl (C=O) groups excluding carboxylic acids is 1. The van der Waals surface area contributed by atoms with Crippen molar-refractivity contribution >= 4 is 28.3 Å². The number of hydrogen-bond acceptors (Lipinski definition) is 5. The summed E-state index contributed by atoms with van der Waals surface area (Å²) in [5, 5.41) is 13.2. The molecule has 88 valence electrons. The number of carboxylic acids is 1. The number of aliphatic carboxylic acids is 1. The highest BCUT2D eigenvalue weighted by molar-refractivity contribution is 7.13. The van der Waals surface area contributed by atoms with E-state index in [0.717, 1.165) is 0 Å². The Balaban J connectivity index is 2.50. The molecule has 7 heteroatoms. The summed E-state index contributed by atoms with van der Waals surface area (Å²) in [6.45, 7) is 1.69. The number of hydrogen-bond donors (Lipinski definition) is 3. The van der Waals surface area contributed by atoms with Gasteiger partial charge in [-0.25, -0.2) is 9.78 Å². The van der Waals surface area contributed by atoms with Crippen molar-refractivity contribution in [3.05, 3.63) is 11.1 Å². The van der Waals surface area contributed by atoms with Crippen LogP contribution in [0.4, 0.5) is 5.13 Å². The number of nitrogens with zero attached hydrogens (tertiary/aromatic N) is 1. The Bertz CT molecular complexity index is 391. The molecule has 0 aliphatic rings. The van der Waals surface area contributed by atoms with E-state index in [9.17, 15) is 9.59 Å². The molecule has 1 rings (SSSR count). The number of carbonyl (C=O) groups is 2. The van der Waals surface area contributed by atoms with Gasteiger partial charge in [0.15, 0.2) is 5.13 Å². The minimum Gasteiger partial charge on any atom is -0.480 e. The first-order valence-electron chi connectivity index (χ1n) is 4.75. The number of carboxylic acid groups (broad SMARTS) is 1. The lowest BCUT2D eigenvalue weighted by atomic mass is 10.2. The van der Waals surface area contributed by atoms with Gasteiger partial charge in [-0.1, -0.05) is 6.92 Å². The second kappa shape index (κ2) is 5.45. The lowest BCUT2D eigenvalue weighted by molar-refractivity contribution is -0.141. The number of nitrogens with two attached hydrogens (primary N) is 1. The number of aromatic nitrogens is 1. The highest BCUT2D eigenvalue weighted by Gasteiger charge is 2.17. The third-order valence-electron chi connectivity index (χ3n) is 1.95. The fourth-order valence-corrected chi connectivity index (χ4v) is 1.71. The quantitative estimate of drug-likeness (QED) is 0.687. The molecule has 1 amide bonds. The molecular weight excluding hydrogens is 230 g/mol. The van der Waals surface area contributed by atoms with Crippen LogP contribution in [0.1, 0.15) is 19.0 Å². The Labute approximate surface area is 96.5 Å². The highest BCUT2D eigenvalue weighted by atomic mass is 32.1. The first-order valence-corrected chi connectivity index (χ1v) is 5.63. The van der Waals surface area contributed by atoms with Crippen LogP contribution in [0, 0.1) is 0 Å². The van der Waals surface area contributed by atoms with Crippen molar-refractivity contribution in [1.82, 2.24) is 10.3 Å². The Morgan fingerprint density at radius 2 is 2.38 bits per heavy atom. The summed E-state index contributed by atoms with van der Waals surface area (Å²) < 4.78 is 0. The number of anilines is 1. The van der Waals surface area contributed by atoms with Crippen LogP contribution in [0.15, 0.2) is 5.38 Å². The minimum atomic E-state index is -1.03. The molecule has 0 aliphatic carbocycles. The molecule has 0 aromatic carbocycles. The van der Waals surface area contributed by atoms with Gasteiger partial charge in [-0.15, -0.1) is 11.3 Å². The first-order chi connectivity index (χ1) is 7.52. The zero-order valence-electron chi connectivity index (χ0n) is 8.77. The number of thiazole rings is 1. The zero-order chi connectivity index (χ0) is 12.1. The predicted octanol–water partition coefficient (Wildman–Crippen LogP) is 0.247. The zero-order valence-corrected chi connectivity index (χ0v) is 9.58. The topological polar surface area (TPSA) is 105 Å². The molecule has 4 N–H and O–H groups in total. The van der Waals surface area contributed by atoms with Crippen LogP contribution in [0.3, 0.4) is 0 Å². The van der Waals surface area contributed by atoms with Gasteiger partial charge < -0.3 is 16.2 Å². The molecule has 1 aromatic rings. The average Bonchev–Trinajstić information content (AvgIpc) is 2.60. The smallest absolute Gasteiger partial charge is 0.326 e. The fraction of sp³-hybridized carbons (Fsp3) is 0.444. The van der Waals surface area contributed by atoms with Crippen LogP contribution in [-0.4, -0.2) is 28.0 Å². The van der Waals surface area contributed by atoms with Crippen LogP contribution < -0.4 is 11.1 Å². The van der Waals surface area contributed by atoms with Gasteiger partial charge in [0.1, 0.15) is 6.04 Å². The molecule has 1 atom stereocenters. The number of nitrogens with one attached hydrogen (secondary N) is 1. The molecule has 6 nitrogen and oxygen atoms in total. The molecule has 0 saturated heterocycles. The van der Waals surface area contributed by atoms with Crippen molar-refractivity contribution in [1.29, 1.82) is 0 Å². The third-order valence-corrected chi connectivity index (χ3v) is 2.68. The van der Waals surface area contributed by atoms with Crippen LogP contribution in [-0.2, 0) is 16.0 Å². The molecule has 0 aliphatic heterocycles. The SMILES string of the molecule is CCC(NC(=O)Cc1csc(N)n1)C(=O)O. The van der Waals surface area contributed by atoms with Crippen molar-refractivity contribution in [3.8, 4) is 0 Å². The van der Waals surface area contributed by atoms with E-state index in [0.29, 0.717) is 17.2 Å². The Morgan fingerprint density at radius 3 is 2.81 bits per heavy atom. The van der Waals surface area contributed by atoms with Gasteiger partial charge in [0.25, 0.3) is 0 Å². The normalized spacial score (nSPS) is 12.1. The maximum absolute atomic E-state index is 11.4. The molecule has 0 radical (unpaired) electrons. The number of rotatable bonds is 5. The van der Waals surface area contributed by atoms with E-state index in [2.05, 4.69) is 10.3 Å². The summed E-state index contributed by atoms with van der Waals surface area (Å²) in [6, 6.07) is -0.844. The summed E-state index contributed by atoms with van der Waals surface area (Å²) in [4.78, 5) is 26.0. The van der Waals surface area contributed by atoms with Gasteiger partial charge >= 0.3 is 5.97 Å². The molecule has 0 spiro atoms. The van der Waals surface area contributed by atoms with E-state index >= 15 is 0 Å². The van der Waals surface area contributed by atoms with Gasteiger partial charge in [-0.3, -0.25) is 4.79 Å². The largest absolute Gasteiger partial charge is 0.480 e. The molecule has 1 unspecified atom stereocenters. The van der Waals surface area contributed by atoms with Crippen LogP contribution >= 0.6 is 11.3 Å². The van der Waals surface area contributed by atoms with Crippen LogP contribution in [0.5, 0.6) is 0 Å². The molecule has 16 heavy (non-hydrogen) atoms. The number of nitrogen functional groups attached to an aromatic ring is 1. The summed E-state index contributed by atoms with van der Waals surface area (Å²) >= 11 is 1.25. The lowest BCUT2D eigenvalue weighted by Gasteiger charge is -2.11. The molecular formula is C9H13N3O3S. The second-order valence-electron chi connectivity index (χ2n) is 3.22. The average molecular weight is 243 g/mol. The summed E-state index contributed by atoms with van der Waals surface area (Å²) in [6.07, 6.45) is 0.401. The molecule has 1 aromatic heterocycles. The molecule has 0 fully saturated rings. The van der Waals surface area contributed by atoms with Gasteiger partial charge in [-0.05, 0) is 6.42 Å². The van der Waals surface area contributed by atoms with Gasteiger partial charge in [-0.2, -0.15) is 0 Å². The van der Waals surface area contributed by atoms with E-state index in [1.54, 1.807) is 12.3 Å². The molecule has 1 heterocycles. The van der Waals surface area contributed by atoms with Crippen LogP contribution in [0.25, 0.3) is 0 Å². The van der Waals surface area contributed by atoms with Gasteiger partial charge in [0, 0.05) is 5.38 Å². The van der Waals surface area contributed by atoms with E-state index in [-0.39, 0.29) is 12.3 Å². The standard InChI is InChI=1S/C9H13N3O3S/c1-2-6(8(14)15)12-7(13)3-5-4-16-9(10)11-5/h4,6H,2-3H2,1H3,(H2,10,11)(H,12,13)(H,14,15). The van der Waals surface area contributed by atoms with Crippen molar-refractivity contribution in [2.45, 2.75) is 25.8 Å². The van der Waals surface area contributed by atoms with Crippen LogP contribution in [0.2, 0.25) is 0 Å². The van der Waals surface area contributed by atoms with E-state index < -0.39 is 12.0 Å². The maximum Gasteiger partial charge on any atom is 0.326 e. The predicted molar refractivity (Wildman–Crippen MR) is 60.1 cm³/mol. The molecule has 0 saturated carbocycles. The Kier molecular flexibility index (Phi) is 4.24. The second-order valence-corrected chi connectivity index (χ2v) is 4.11. The van der Waals surface area contributed by atoms with Gasteiger partial charge in [0.05, 0.1) is 12.1 Å². The van der Waals surface area contributed by atoms with Gasteiger partial charge in [0.2, 0.25) is 5.91 Å². The number of amides is 1. The maximum atomic E-state index is 11.4. The van der Waals surface area contributed by atoms with E-state index in [1.165, 1.54) is 11.3 Å². The van der Waals surface area contributed by atoms with E-state index in [1.807, 2.05) is 0 Å². The summed E-state index contributed by atoms with van der Waals surface area (Å²) in [5.74, 6) is -1.40. The fourth-order valence-electron chi connectivity index (χ4n) is 1.15. The monoisotopic (exact) mass is 243 g/mol. The molecule has 0 bridgehead atoms. The van der Waals surface area contributed by atoms with Crippen molar-refractivity contribution in [2.75, 3.05) is 5.73 Å². The summed E-state index contributed by atoms with van der Waals surface area (Å²) in [7, 11) is 0. The minimum absolute atomic E-state index is 0.0531. The van der Waals surface area contributed by atoms with Crippen molar-refractivity contribution in [3.63, 3.8) is 0 Å². The van der Waals surface area contributed by atoms with Crippen molar-refractivity contribution < 1.29 is 14.7 Å². The third kappa shape index (κ3) is 3.50. The Hall–Kier alpha value is -1.63. The lowest BCUT2D eigenvalue weighted by Crippen LogP contribution is -2.41. The Morgan fingerprint density at radius 1 is 1.69 bits per heavy atom. The highest BCUT2D eigenvalue weighted by Crippen LogP contribution is 2.11. The summed E-state index contributed by atoms with van der Waals surface area (Å²) in [5.41, 5.74) is 5.97. The van der Waals surface area contributed by atoms with Crippen molar-refractivity contribution in [2.24, 2.45) is 0 Å². The first kappa shape index (κ1) is 12.4. The van der Waals surface area contributed by atoms with E-state index in [4.69, 9.17) is 10.8 Å².